The lowest BCUT2D eigenvalue weighted by atomic mass is 9.84. The number of hydrogen-bond donors (Lipinski definition) is 8. The number of rotatable bonds is 11. The van der Waals surface area contributed by atoms with Crippen LogP contribution in [-0.2, 0) is 46.3 Å². The fourth-order valence-corrected chi connectivity index (χ4v) is 11.7. The Morgan fingerprint density at radius 1 is 0.696 bits per heavy atom. The van der Waals surface area contributed by atoms with Crippen LogP contribution in [-0.4, -0.2) is 136 Å². The molecule has 18 nitrogen and oxygen atoms in total. The average Bonchev–Trinajstić information content (AvgIpc) is 4.22. The van der Waals surface area contributed by atoms with Crippen molar-refractivity contribution in [3.05, 3.63) is 72.1 Å². The zero-order chi connectivity index (χ0) is 48.1. The van der Waals surface area contributed by atoms with Gasteiger partial charge in [-0.15, -0.1) is 0 Å². The van der Waals surface area contributed by atoms with Crippen LogP contribution in [0.2, 0.25) is 0 Å². The SMILES string of the molecule is COCCCNC(=O)NCC[C@H]1NC(=O)[C@H](Cc2c[nH]c3ccccc23)NC(=O)C2(CCCC2)NC(=O)[C@H](Cc2c[nH]c3ccccc23)NC(=O)[C@H]2C[C@H]3CCCC[C@H]3N2C(=O)[C@H]2CCCN2C1=O. The Kier molecular flexibility index (Phi) is 14.5. The molecule has 8 N–H and O–H groups in total. The molecule has 9 rings (SSSR count). The van der Waals surface area contributed by atoms with Gasteiger partial charge in [-0.1, -0.05) is 62.1 Å². The Hall–Kier alpha value is -6.43. The van der Waals surface area contributed by atoms with Crippen molar-refractivity contribution in [3.8, 4) is 0 Å². The summed E-state index contributed by atoms with van der Waals surface area (Å²) in [6.07, 6.45) is 11.0. The summed E-state index contributed by atoms with van der Waals surface area (Å²) in [6, 6.07) is 9.32. The highest BCUT2D eigenvalue weighted by atomic mass is 16.5. The van der Waals surface area contributed by atoms with Crippen molar-refractivity contribution in [1.82, 2.24) is 51.7 Å². The number of amides is 8. The second-order valence-corrected chi connectivity index (χ2v) is 19.7. The minimum atomic E-state index is -1.42. The Morgan fingerprint density at radius 3 is 2.03 bits per heavy atom. The molecular weight excluding hydrogens is 881 g/mol. The molecule has 0 unspecified atom stereocenters. The lowest BCUT2D eigenvalue weighted by molar-refractivity contribution is -0.150. The molecule has 0 radical (unpaired) electrons. The fraction of sp³-hybridized carbons (Fsp3) is 0.549. The summed E-state index contributed by atoms with van der Waals surface area (Å²) >= 11 is 0. The summed E-state index contributed by atoms with van der Waals surface area (Å²) in [4.78, 5) is 113. The molecule has 2 aliphatic carbocycles. The molecule has 3 saturated heterocycles. The lowest BCUT2D eigenvalue weighted by Crippen LogP contribution is -2.65. The van der Waals surface area contributed by atoms with Gasteiger partial charge in [0.1, 0.15) is 35.7 Å². The Bertz CT molecular complexity index is 2550. The molecule has 7 atom stereocenters. The first kappa shape index (κ1) is 47.6. The summed E-state index contributed by atoms with van der Waals surface area (Å²) in [5, 5.41) is 19.5. The molecule has 0 bridgehead atoms. The van der Waals surface area contributed by atoms with Gasteiger partial charge >= 0.3 is 6.03 Å². The normalized spacial score (nSPS) is 26.7. The number of methoxy groups -OCH3 is 1. The molecule has 2 saturated carbocycles. The Balaban J connectivity index is 1.09. The van der Waals surface area contributed by atoms with Gasteiger partial charge in [0.25, 0.3) is 0 Å². The summed E-state index contributed by atoms with van der Waals surface area (Å²) in [5.41, 5.74) is 1.84. The van der Waals surface area contributed by atoms with E-state index in [0.717, 1.165) is 52.2 Å². The van der Waals surface area contributed by atoms with Crippen molar-refractivity contribution in [2.24, 2.45) is 5.92 Å². The molecule has 18 heteroatoms. The minimum absolute atomic E-state index is 0.00566. The van der Waals surface area contributed by atoms with Gasteiger partial charge in [0.15, 0.2) is 0 Å². The molecule has 8 amide bonds. The molecular formula is C51H66N10O8. The highest BCUT2D eigenvalue weighted by Gasteiger charge is 2.52. The number of hydrogen-bond acceptors (Lipinski definition) is 8. The molecule has 2 aromatic carbocycles. The zero-order valence-corrected chi connectivity index (χ0v) is 39.4. The van der Waals surface area contributed by atoms with E-state index in [1.807, 2.05) is 54.7 Å². The topological polar surface area (TPSA) is 239 Å². The van der Waals surface area contributed by atoms with Crippen molar-refractivity contribution in [2.45, 2.75) is 138 Å². The monoisotopic (exact) mass is 947 g/mol. The van der Waals surface area contributed by atoms with Crippen LogP contribution >= 0.6 is 0 Å². The number of ether oxygens (including phenoxy) is 1. The number of aromatic nitrogens is 2. The van der Waals surface area contributed by atoms with Gasteiger partial charge < -0.3 is 56.4 Å². The molecule has 4 aromatic rings. The zero-order valence-electron chi connectivity index (χ0n) is 39.4. The minimum Gasteiger partial charge on any atom is -0.385 e. The van der Waals surface area contributed by atoms with Crippen molar-refractivity contribution in [2.75, 3.05) is 33.4 Å². The molecule has 368 valence electrons. The van der Waals surface area contributed by atoms with Crippen molar-refractivity contribution < 1.29 is 38.3 Å². The molecule has 5 fully saturated rings. The van der Waals surface area contributed by atoms with E-state index in [9.17, 15) is 19.2 Å². The van der Waals surface area contributed by atoms with Gasteiger partial charge in [0, 0.05) is 86.4 Å². The highest BCUT2D eigenvalue weighted by Crippen LogP contribution is 2.41. The number of aromatic amines is 2. The van der Waals surface area contributed by atoms with Crippen LogP contribution in [0.1, 0.15) is 94.6 Å². The van der Waals surface area contributed by atoms with Gasteiger partial charge in [-0.25, -0.2) is 4.79 Å². The molecule has 5 heterocycles. The summed E-state index contributed by atoms with van der Waals surface area (Å²) < 4.78 is 5.09. The van der Waals surface area contributed by atoms with E-state index in [2.05, 4.69) is 41.9 Å². The third-order valence-electron chi connectivity index (χ3n) is 15.3. The number of para-hydroxylation sites is 2. The van der Waals surface area contributed by atoms with Crippen LogP contribution < -0.4 is 31.9 Å². The first-order valence-corrected chi connectivity index (χ1v) is 25.0. The maximum Gasteiger partial charge on any atom is 0.314 e. The van der Waals surface area contributed by atoms with Gasteiger partial charge in [0.2, 0.25) is 35.4 Å². The number of benzene rings is 2. The fourth-order valence-electron chi connectivity index (χ4n) is 11.7. The predicted octanol–water partition coefficient (Wildman–Crippen LogP) is 3.21. The maximum atomic E-state index is 15.2. The highest BCUT2D eigenvalue weighted by molar-refractivity contribution is 6.00. The van der Waals surface area contributed by atoms with Gasteiger partial charge in [-0.05, 0) is 87.0 Å². The lowest BCUT2D eigenvalue weighted by Gasteiger charge is -2.38. The number of nitrogens with one attached hydrogen (secondary N) is 8. The second kappa shape index (κ2) is 21.1. The van der Waals surface area contributed by atoms with E-state index in [1.165, 1.54) is 4.90 Å². The number of nitrogens with zero attached hydrogens (tertiary/aromatic N) is 2. The number of carbonyl (C=O) groups excluding carboxylic acids is 7. The third kappa shape index (κ3) is 10.2. The van der Waals surface area contributed by atoms with Crippen LogP contribution in [0.3, 0.4) is 0 Å². The maximum absolute atomic E-state index is 15.2. The van der Waals surface area contributed by atoms with Gasteiger partial charge in [0.05, 0.1) is 0 Å². The summed E-state index contributed by atoms with van der Waals surface area (Å²) in [7, 11) is 1.58. The van der Waals surface area contributed by atoms with E-state index in [0.29, 0.717) is 70.9 Å². The number of fused-ring (bicyclic) bond motifs is 6. The summed E-state index contributed by atoms with van der Waals surface area (Å²) in [6.45, 7) is 1.10. The van der Waals surface area contributed by atoms with Crippen molar-refractivity contribution in [1.29, 1.82) is 0 Å². The van der Waals surface area contributed by atoms with Crippen molar-refractivity contribution in [3.63, 3.8) is 0 Å². The van der Waals surface area contributed by atoms with E-state index in [1.54, 1.807) is 18.2 Å². The molecule has 3 aliphatic heterocycles. The number of urea groups is 1. The number of H-pyrrole nitrogens is 2. The smallest absolute Gasteiger partial charge is 0.314 e. The van der Waals surface area contributed by atoms with Crippen LogP contribution in [0.15, 0.2) is 60.9 Å². The van der Waals surface area contributed by atoms with Crippen LogP contribution in [0.5, 0.6) is 0 Å². The van der Waals surface area contributed by atoms with Gasteiger partial charge in [-0.2, -0.15) is 0 Å². The van der Waals surface area contributed by atoms with Gasteiger partial charge in [-0.3, -0.25) is 28.8 Å². The Labute approximate surface area is 401 Å². The van der Waals surface area contributed by atoms with E-state index >= 15 is 14.4 Å². The quantitative estimate of drug-likeness (QED) is 0.104. The molecule has 69 heavy (non-hydrogen) atoms. The van der Waals surface area contributed by atoms with Crippen LogP contribution in [0, 0.1) is 5.92 Å². The number of carbonyl (C=O) groups is 7. The largest absolute Gasteiger partial charge is 0.385 e. The van der Waals surface area contributed by atoms with Crippen LogP contribution in [0.25, 0.3) is 21.8 Å². The molecule has 1 spiro atoms. The second-order valence-electron chi connectivity index (χ2n) is 19.7. The molecule has 2 aromatic heterocycles. The van der Waals surface area contributed by atoms with E-state index in [-0.39, 0.29) is 50.2 Å². The standard InChI is InChI=1S/C51H66N10O8/c1-69-25-11-22-52-50(68)53-23-19-38-47(65)60-24-10-18-42(60)48(66)61-41-17-7-2-12-31(41)28-43(61)46(64)57-40(27-33-30-55-37-16-6-4-14-35(33)37)45(63)59-51(20-8-9-21-51)49(67)58-39(44(62)56-38)26-32-29-54-36-15-5-3-13-34(32)36/h3-6,13-16,29-31,38-43,54-55H,2,7-12,17-28H2,1H3,(H,56,62)(H,57,64)(H,58,67)(H,59,63)(H2,52,53,68)/t31-,38-,39+,40+,41-,42-,43-/m1/s1. The first-order chi connectivity index (χ1) is 33.5. The van der Waals surface area contributed by atoms with Crippen LogP contribution in [0.4, 0.5) is 4.79 Å². The summed E-state index contributed by atoms with van der Waals surface area (Å²) in [5.74, 6) is -2.90. The first-order valence-electron chi connectivity index (χ1n) is 25.0. The predicted molar refractivity (Wildman–Crippen MR) is 257 cm³/mol. The van der Waals surface area contributed by atoms with E-state index in [4.69, 9.17) is 4.74 Å². The molecule has 5 aliphatic rings. The Morgan fingerprint density at radius 2 is 1.33 bits per heavy atom. The van der Waals surface area contributed by atoms with E-state index < -0.39 is 71.3 Å². The average molecular weight is 947 g/mol. The third-order valence-corrected chi connectivity index (χ3v) is 15.3. The van der Waals surface area contributed by atoms with Crippen molar-refractivity contribution >= 4 is 63.3 Å².